The molecule has 2 aromatic rings. The third-order valence-electron chi connectivity index (χ3n) is 2.59. The molecule has 0 spiro atoms. The van der Waals surface area contributed by atoms with Crippen LogP contribution in [0.2, 0.25) is 0 Å². The fraction of sp³-hybridized carbons (Fsp3) is 0.133. The topological polar surface area (TPSA) is 26.3 Å². The van der Waals surface area contributed by atoms with E-state index in [0.717, 1.165) is 25.5 Å². The number of carbonyl (C=O) groups excluding carboxylic acids is 1. The van der Waals surface area contributed by atoms with Gasteiger partial charge in [0.2, 0.25) is 0 Å². The highest BCUT2D eigenvalue weighted by molar-refractivity contribution is 9.10. The molecule has 1 aromatic carbocycles. The third kappa shape index (κ3) is 3.55. The maximum atomic E-state index is 12.0. The van der Waals surface area contributed by atoms with Crippen molar-refractivity contribution in [3.8, 4) is 5.75 Å². The molecule has 0 aliphatic carbocycles. The molecule has 1 heterocycles. The fourth-order valence-corrected chi connectivity index (χ4v) is 2.82. The molecule has 2 nitrogen and oxygen atoms in total. The lowest BCUT2D eigenvalue weighted by atomic mass is 10.1. The Morgan fingerprint density at radius 3 is 2.74 bits per heavy atom. The summed E-state index contributed by atoms with van der Waals surface area (Å²) in [5.74, 6) is 0.759. The van der Waals surface area contributed by atoms with Crippen LogP contribution in [-0.4, -0.2) is 12.9 Å². The first-order valence-corrected chi connectivity index (χ1v) is 7.33. The summed E-state index contributed by atoms with van der Waals surface area (Å²) in [5, 5.41) is 0. The molecule has 0 bridgehead atoms. The number of rotatable bonds is 4. The van der Waals surface area contributed by atoms with Crippen molar-refractivity contribution in [3.63, 3.8) is 0 Å². The Morgan fingerprint density at radius 1 is 1.32 bits per heavy atom. The van der Waals surface area contributed by atoms with E-state index in [1.54, 1.807) is 19.3 Å². The molecule has 0 radical (unpaired) electrons. The zero-order valence-electron chi connectivity index (χ0n) is 10.6. The monoisotopic (exact) mass is 336 g/mol. The number of halogens is 1. The Hall–Kier alpha value is -1.39. The Kier molecular flexibility index (Phi) is 4.56. The molecule has 19 heavy (non-hydrogen) atoms. The number of aryl methyl sites for hydroxylation is 1. The van der Waals surface area contributed by atoms with Crippen LogP contribution in [0.3, 0.4) is 0 Å². The minimum absolute atomic E-state index is 0.0140. The van der Waals surface area contributed by atoms with Gasteiger partial charge in [-0.05, 0) is 49.4 Å². The molecule has 1 aromatic heterocycles. The Bertz CT molecular complexity index is 629. The quantitative estimate of drug-likeness (QED) is 0.596. The Morgan fingerprint density at radius 2 is 2.11 bits per heavy atom. The molecule has 0 amide bonds. The molecule has 2 rings (SSSR count). The lowest BCUT2D eigenvalue weighted by molar-refractivity contribution is 0.105. The van der Waals surface area contributed by atoms with Crippen LogP contribution in [0.5, 0.6) is 5.75 Å². The smallest absolute Gasteiger partial charge is 0.195 e. The number of allylic oxidation sites excluding steroid dienone is 1. The molecule has 0 atom stereocenters. The Labute approximate surface area is 124 Å². The van der Waals surface area contributed by atoms with Gasteiger partial charge in [0.1, 0.15) is 5.75 Å². The standard InChI is InChI=1S/C15H13BrO2S/c1-10-3-8-15(19-10)13(17)6-4-11-9-12(16)5-7-14(11)18-2/h3-9H,1-2H3/b6-4+. The van der Waals surface area contributed by atoms with Crippen molar-refractivity contribution < 1.29 is 9.53 Å². The van der Waals surface area contributed by atoms with E-state index in [4.69, 9.17) is 4.74 Å². The van der Waals surface area contributed by atoms with Gasteiger partial charge in [0.05, 0.1) is 12.0 Å². The van der Waals surface area contributed by atoms with Gasteiger partial charge in [-0.2, -0.15) is 0 Å². The number of ketones is 1. The van der Waals surface area contributed by atoms with E-state index in [2.05, 4.69) is 15.9 Å². The molecular weight excluding hydrogens is 324 g/mol. The van der Waals surface area contributed by atoms with Crippen molar-refractivity contribution >= 4 is 39.1 Å². The van der Waals surface area contributed by atoms with Gasteiger partial charge in [0.15, 0.2) is 5.78 Å². The summed E-state index contributed by atoms with van der Waals surface area (Å²) in [6.45, 7) is 1.99. The minimum Gasteiger partial charge on any atom is -0.496 e. The summed E-state index contributed by atoms with van der Waals surface area (Å²) in [5.41, 5.74) is 0.874. The normalized spacial score (nSPS) is 10.9. The molecule has 0 aliphatic rings. The SMILES string of the molecule is COc1ccc(Br)cc1/C=C/C(=O)c1ccc(C)s1. The summed E-state index contributed by atoms with van der Waals surface area (Å²) in [6, 6.07) is 9.49. The summed E-state index contributed by atoms with van der Waals surface area (Å²) < 4.78 is 6.21. The van der Waals surface area contributed by atoms with Gasteiger partial charge in [-0.1, -0.05) is 15.9 Å². The highest BCUT2D eigenvalue weighted by atomic mass is 79.9. The predicted molar refractivity (Wildman–Crippen MR) is 83.1 cm³/mol. The minimum atomic E-state index is 0.0140. The van der Waals surface area contributed by atoms with Crippen molar-refractivity contribution in [2.24, 2.45) is 0 Å². The first kappa shape index (κ1) is 14.0. The lowest BCUT2D eigenvalue weighted by Crippen LogP contribution is -1.90. The molecule has 0 saturated carbocycles. The maximum Gasteiger partial charge on any atom is 0.195 e. The van der Waals surface area contributed by atoms with Crippen LogP contribution >= 0.6 is 27.3 Å². The van der Waals surface area contributed by atoms with Crippen LogP contribution in [-0.2, 0) is 0 Å². The molecule has 0 fully saturated rings. The summed E-state index contributed by atoms with van der Waals surface area (Å²) in [6.07, 6.45) is 3.36. The van der Waals surface area contributed by atoms with E-state index >= 15 is 0 Å². The Balaban J connectivity index is 2.23. The fourth-order valence-electron chi connectivity index (χ4n) is 1.65. The first-order chi connectivity index (χ1) is 9.10. The second-order valence-corrected chi connectivity index (χ2v) is 6.20. The van der Waals surface area contributed by atoms with E-state index in [9.17, 15) is 4.79 Å². The average Bonchev–Trinajstić information content (AvgIpc) is 2.83. The number of carbonyl (C=O) groups is 1. The van der Waals surface area contributed by atoms with Crippen LogP contribution in [0, 0.1) is 6.92 Å². The second-order valence-electron chi connectivity index (χ2n) is 3.99. The van der Waals surface area contributed by atoms with Gasteiger partial charge in [-0.25, -0.2) is 0 Å². The molecule has 98 valence electrons. The van der Waals surface area contributed by atoms with E-state index in [-0.39, 0.29) is 5.78 Å². The predicted octanol–water partition coefficient (Wildman–Crippen LogP) is 4.72. The lowest BCUT2D eigenvalue weighted by Gasteiger charge is -2.04. The number of methoxy groups -OCH3 is 1. The highest BCUT2D eigenvalue weighted by Gasteiger charge is 2.05. The van der Waals surface area contributed by atoms with E-state index < -0.39 is 0 Å². The number of benzene rings is 1. The van der Waals surface area contributed by atoms with Crippen LogP contribution in [0.25, 0.3) is 6.08 Å². The van der Waals surface area contributed by atoms with Gasteiger partial charge in [0, 0.05) is 14.9 Å². The first-order valence-electron chi connectivity index (χ1n) is 5.72. The molecule has 0 saturated heterocycles. The van der Waals surface area contributed by atoms with Crippen molar-refractivity contribution in [2.75, 3.05) is 7.11 Å². The van der Waals surface area contributed by atoms with Crippen molar-refractivity contribution in [2.45, 2.75) is 6.92 Å². The number of thiophene rings is 1. The maximum absolute atomic E-state index is 12.0. The van der Waals surface area contributed by atoms with Crippen molar-refractivity contribution in [1.82, 2.24) is 0 Å². The van der Waals surface area contributed by atoms with Crippen LogP contribution < -0.4 is 4.74 Å². The van der Waals surface area contributed by atoms with Crippen molar-refractivity contribution in [3.05, 3.63) is 56.2 Å². The summed E-state index contributed by atoms with van der Waals surface area (Å²) >= 11 is 4.91. The molecular formula is C15H13BrO2S. The third-order valence-corrected chi connectivity index (χ3v) is 4.10. The van der Waals surface area contributed by atoms with Gasteiger partial charge in [-0.15, -0.1) is 11.3 Å². The molecule has 0 N–H and O–H groups in total. The molecule has 0 aliphatic heterocycles. The van der Waals surface area contributed by atoms with Gasteiger partial charge in [-0.3, -0.25) is 4.79 Å². The average molecular weight is 337 g/mol. The van der Waals surface area contributed by atoms with E-state index in [1.807, 2.05) is 37.3 Å². The number of hydrogen-bond donors (Lipinski definition) is 0. The van der Waals surface area contributed by atoms with Gasteiger partial charge in [0.25, 0.3) is 0 Å². The molecule has 0 unspecified atom stereocenters. The summed E-state index contributed by atoms with van der Waals surface area (Å²) in [4.78, 5) is 13.9. The van der Waals surface area contributed by atoms with E-state index in [0.29, 0.717) is 0 Å². The highest BCUT2D eigenvalue weighted by Crippen LogP contribution is 2.24. The summed E-state index contributed by atoms with van der Waals surface area (Å²) in [7, 11) is 1.62. The van der Waals surface area contributed by atoms with Crippen molar-refractivity contribution in [1.29, 1.82) is 0 Å². The zero-order chi connectivity index (χ0) is 13.8. The van der Waals surface area contributed by atoms with E-state index in [1.165, 1.54) is 11.3 Å². The largest absolute Gasteiger partial charge is 0.496 e. The molecule has 4 heteroatoms. The zero-order valence-corrected chi connectivity index (χ0v) is 13.0. The van der Waals surface area contributed by atoms with Crippen LogP contribution in [0.1, 0.15) is 20.1 Å². The number of ether oxygens (including phenoxy) is 1. The second kappa shape index (κ2) is 6.17. The van der Waals surface area contributed by atoms with Gasteiger partial charge < -0.3 is 4.74 Å². The van der Waals surface area contributed by atoms with Crippen LogP contribution in [0.15, 0.2) is 40.9 Å². The van der Waals surface area contributed by atoms with Gasteiger partial charge >= 0.3 is 0 Å². The van der Waals surface area contributed by atoms with Crippen LogP contribution in [0.4, 0.5) is 0 Å². The number of hydrogen-bond acceptors (Lipinski definition) is 3.